The summed E-state index contributed by atoms with van der Waals surface area (Å²) in [6, 6.07) is 4.96. The van der Waals surface area contributed by atoms with Crippen LogP contribution in [-0.4, -0.2) is 58.5 Å². The third-order valence-corrected chi connectivity index (χ3v) is 7.40. The standard InChI is InChI=1S/C19H21FN6O2S/c20-15-4-6-16(7-5-15)29(27,28)25-10-1-9-24(12-13-25)18-19-23-22-17(14-2-3-14)26(19)11-8-21-18/h4-8,11,14H,1-3,9-10,12-13H2. The maximum absolute atomic E-state index is 13.2. The maximum atomic E-state index is 13.2. The fourth-order valence-electron chi connectivity index (χ4n) is 3.78. The highest BCUT2D eigenvalue weighted by atomic mass is 32.2. The van der Waals surface area contributed by atoms with Crippen molar-refractivity contribution in [2.45, 2.75) is 30.1 Å². The van der Waals surface area contributed by atoms with Gasteiger partial charge in [-0.3, -0.25) is 4.40 Å². The summed E-state index contributed by atoms with van der Waals surface area (Å²) in [5, 5.41) is 8.70. The Morgan fingerprint density at radius 1 is 1.00 bits per heavy atom. The molecule has 2 aliphatic rings. The van der Waals surface area contributed by atoms with Gasteiger partial charge >= 0.3 is 0 Å². The van der Waals surface area contributed by atoms with E-state index in [9.17, 15) is 12.8 Å². The second kappa shape index (κ2) is 7.03. The minimum atomic E-state index is -3.66. The second-order valence-electron chi connectivity index (χ2n) is 7.48. The maximum Gasteiger partial charge on any atom is 0.243 e. The number of hydrogen-bond acceptors (Lipinski definition) is 6. The summed E-state index contributed by atoms with van der Waals surface area (Å²) in [5.74, 6) is 1.72. The van der Waals surface area contributed by atoms with Gasteiger partial charge in [-0.2, -0.15) is 4.31 Å². The van der Waals surface area contributed by atoms with Crippen LogP contribution in [0.5, 0.6) is 0 Å². The molecule has 1 aliphatic heterocycles. The number of fused-ring (bicyclic) bond motifs is 1. The molecule has 0 radical (unpaired) electrons. The van der Waals surface area contributed by atoms with E-state index in [1.165, 1.54) is 28.6 Å². The molecule has 1 aliphatic carbocycles. The summed E-state index contributed by atoms with van der Waals surface area (Å²) in [7, 11) is -3.66. The van der Waals surface area contributed by atoms with Gasteiger partial charge in [0.2, 0.25) is 15.7 Å². The molecule has 1 saturated carbocycles. The van der Waals surface area contributed by atoms with Gasteiger partial charge in [-0.1, -0.05) is 0 Å². The van der Waals surface area contributed by atoms with Gasteiger partial charge in [-0.25, -0.2) is 17.8 Å². The highest BCUT2D eigenvalue weighted by molar-refractivity contribution is 7.89. The first-order valence-electron chi connectivity index (χ1n) is 9.74. The number of rotatable bonds is 4. The number of nitrogens with zero attached hydrogens (tertiary/aromatic N) is 6. The molecule has 2 fully saturated rings. The molecule has 2 aromatic heterocycles. The third-order valence-electron chi connectivity index (χ3n) is 5.48. The van der Waals surface area contributed by atoms with Gasteiger partial charge in [0.25, 0.3) is 0 Å². The zero-order chi connectivity index (χ0) is 20.0. The molecule has 0 atom stereocenters. The van der Waals surface area contributed by atoms with Gasteiger partial charge in [0.1, 0.15) is 11.6 Å². The van der Waals surface area contributed by atoms with Crippen molar-refractivity contribution in [3.8, 4) is 0 Å². The monoisotopic (exact) mass is 416 g/mol. The van der Waals surface area contributed by atoms with Crippen LogP contribution < -0.4 is 4.90 Å². The van der Waals surface area contributed by atoms with Gasteiger partial charge in [-0.15, -0.1) is 10.2 Å². The summed E-state index contributed by atoms with van der Waals surface area (Å²) < 4.78 is 42.5. The molecule has 0 spiro atoms. The molecule has 5 rings (SSSR count). The number of sulfonamides is 1. The van der Waals surface area contributed by atoms with Crippen molar-refractivity contribution < 1.29 is 12.8 Å². The van der Waals surface area contributed by atoms with Gasteiger partial charge in [0.15, 0.2) is 5.82 Å². The Bertz CT molecular complexity index is 1140. The number of hydrogen-bond donors (Lipinski definition) is 0. The highest BCUT2D eigenvalue weighted by Crippen LogP contribution is 2.39. The van der Waals surface area contributed by atoms with Crippen molar-refractivity contribution >= 4 is 21.5 Å². The minimum Gasteiger partial charge on any atom is -0.352 e. The first-order chi connectivity index (χ1) is 14.0. The molecule has 0 unspecified atom stereocenters. The molecule has 1 saturated heterocycles. The lowest BCUT2D eigenvalue weighted by Gasteiger charge is -2.22. The predicted octanol–water partition coefficient (Wildman–Crippen LogP) is 2.04. The second-order valence-corrected chi connectivity index (χ2v) is 9.41. The Balaban J connectivity index is 1.39. The zero-order valence-electron chi connectivity index (χ0n) is 15.8. The molecule has 1 aromatic carbocycles. The van der Waals surface area contributed by atoms with Crippen LogP contribution in [0.4, 0.5) is 10.2 Å². The van der Waals surface area contributed by atoms with Crippen LogP contribution in [0.2, 0.25) is 0 Å². The lowest BCUT2D eigenvalue weighted by atomic mass is 10.3. The van der Waals surface area contributed by atoms with Crippen molar-refractivity contribution in [2.24, 2.45) is 0 Å². The molecule has 0 bridgehead atoms. The lowest BCUT2D eigenvalue weighted by Crippen LogP contribution is -2.35. The van der Waals surface area contributed by atoms with Crippen LogP contribution in [0.15, 0.2) is 41.6 Å². The highest BCUT2D eigenvalue weighted by Gasteiger charge is 2.31. The molecular formula is C19H21FN6O2S. The first-order valence-corrected chi connectivity index (χ1v) is 11.2. The van der Waals surface area contributed by atoms with Crippen molar-refractivity contribution in [1.82, 2.24) is 23.9 Å². The molecule has 3 aromatic rings. The Labute approximate surface area is 168 Å². The average Bonchev–Trinajstić information content (AvgIpc) is 3.51. The van der Waals surface area contributed by atoms with Gasteiger partial charge in [0.05, 0.1) is 4.90 Å². The van der Waals surface area contributed by atoms with E-state index < -0.39 is 15.8 Å². The fraction of sp³-hybridized carbons (Fsp3) is 0.421. The zero-order valence-corrected chi connectivity index (χ0v) is 16.6. The Kier molecular flexibility index (Phi) is 4.47. The van der Waals surface area contributed by atoms with Gasteiger partial charge in [-0.05, 0) is 43.5 Å². The molecular weight excluding hydrogens is 395 g/mol. The van der Waals surface area contributed by atoms with E-state index in [1.807, 2.05) is 10.6 Å². The van der Waals surface area contributed by atoms with Crippen LogP contribution in [0.1, 0.15) is 31.0 Å². The Morgan fingerprint density at radius 2 is 1.79 bits per heavy atom. The van der Waals surface area contributed by atoms with Crippen LogP contribution >= 0.6 is 0 Å². The topological polar surface area (TPSA) is 83.7 Å². The van der Waals surface area contributed by atoms with E-state index in [0.717, 1.165) is 24.5 Å². The summed E-state index contributed by atoms with van der Waals surface area (Å²) in [6.45, 7) is 1.90. The predicted molar refractivity (Wildman–Crippen MR) is 105 cm³/mol. The van der Waals surface area contributed by atoms with Crippen molar-refractivity contribution in [3.05, 3.63) is 48.3 Å². The summed E-state index contributed by atoms with van der Waals surface area (Å²) in [5.41, 5.74) is 0.712. The molecule has 8 nitrogen and oxygen atoms in total. The van der Waals surface area contributed by atoms with E-state index >= 15 is 0 Å². The lowest BCUT2D eigenvalue weighted by molar-refractivity contribution is 0.433. The molecule has 152 valence electrons. The van der Waals surface area contributed by atoms with Crippen molar-refractivity contribution in [3.63, 3.8) is 0 Å². The fourth-order valence-corrected chi connectivity index (χ4v) is 5.25. The SMILES string of the molecule is O=S(=O)(c1ccc(F)cc1)N1CCCN(c2nccn3c(C4CC4)nnc23)CC1. The van der Waals surface area contributed by atoms with E-state index in [2.05, 4.69) is 20.1 Å². The third kappa shape index (κ3) is 3.36. The normalized spacial score (nSPS) is 18.9. The summed E-state index contributed by atoms with van der Waals surface area (Å²) in [4.78, 5) is 6.69. The van der Waals surface area contributed by atoms with Crippen LogP contribution in [0.25, 0.3) is 5.65 Å². The van der Waals surface area contributed by atoms with E-state index in [1.54, 1.807) is 6.20 Å². The number of benzene rings is 1. The Morgan fingerprint density at radius 3 is 2.55 bits per heavy atom. The minimum absolute atomic E-state index is 0.110. The van der Waals surface area contributed by atoms with Crippen molar-refractivity contribution in [2.75, 3.05) is 31.1 Å². The Hall–Kier alpha value is -2.59. The first kappa shape index (κ1) is 18.4. The van der Waals surface area contributed by atoms with Crippen LogP contribution in [0.3, 0.4) is 0 Å². The van der Waals surface area contributed by atoms with E-state index in [0.29, 0.717) is 44.2 Å². The molecule has 29 heavy (non-hydrogen) atoms. The van der Waals surface area contributed by atoms with E-state index in [-0.39, 0.29) is 4.90 Å². The summed E-state index contributed by atoms with van der Waals surface area (Å²) >= 11 is 0. The quantitative estimate of drug-likeness (QED) is 0.647. The van der Waals surface area contributed by atoms with Gasteiger partial charge < -0.3 is 4.90 Å². The molecule has 3 heterocycles. The number of anilines is 1. The summed E-state index contributed by atoms with van der Waals surface area (Å²) in [6.07, 6.45) is 6.56. The van der Waals surface area contributed by atoms with E-state index in [4.69, 9.17) is 0 Å². The van der Waals surface area contributed by atoms with Crippen LogP contribution in [0, 0.1) is 5.82 Å². The number of aromatic nitrogens is 4. The molecule has 0 N–H and O–H groups in total. The number of halogens is 1. The molecule has 0 amide bonds. The van der Waals surface area contributed by atoms with Gasteiger partial charge in [0, 0.05) is 44.5 Å². The molecule has 10 heteroatoms. The van der Waals surface area contributed by atoms with Crippen LogP contribution in [-0.2, 0) is 10.0 Å². The smallest absolute Gasteiger partial charge is 0.243 e. The average molecular weight is 416 g/mol. The van der Waals surface area contributed by atoms with Crippen molar-refractivity contribution in [1.29, 1.82) is 0 Å². The largest absolute Gasteiger partial charge is 0.352 e.